The lowest BCUT2D eigenvalue weighted by Gasteiger charge is -2.37. The SMILES string of the molecule is CC(C)(c1ccccc1[Si])P(c1ccccc1)c1ccccc1. The summed E-state index contributed by atoms with van der Waals surface area (Å²) in [7, 11) is 3.29. The predicted molar refractivity (Wildman–Crippen MR) is 104 cm³/mol. The zero-order chi connectivity index (χ0) is 16.3. The van der Waals surface area contributed by atoms with E-state index in [-0.39, 0.29) is 5.16 Å². The molecule has 0 aliphatic heterocycles. The molecule has 0 atom stereocenters. The Labute approximate surface area is 143 Å². The van der Waals surface area contributed by atoms with Gasteiger partial charge in [0.2, 0.25) is 0 Å². The summed E-state index contributed by atoms with van der Waals surface area (Å²) >= 11 is 0. The van der Waals surface area contributed by atoms with Gasteiger partial charge in [-0.25, -0.2) is 0 Å². The van der Waals surface area contributed by atoms with E-state index in [0.29, 0.717) is 0 Å². The molecule has 3 rings (SSSR count). The molecule has 23 heavy (non-hydrogen) atoms. The predicted octanol–water partition coefficient (Wildman–Crippen LogP) is 3.85. The first-order valence-corrected chi connectivity index (χ1v) is 9.66. The second-order valence-electron chi connectivity index (χ2n) is 6.11. The maximum Gasteiger partial charge on any atom is 0.0716 e. The Hall–Kier alpha value is -1.69. The van der Waals surface area contributed by atoms with Gasteiger partial charge in [0.05, 0.1) is 10.2 Å². The van der Waals surface area contributed by atoms with E-state index >= 15 is 0 Å². The van der Waals surface area contributed by atoms with Crippen LogP contribution in [0.15, 0.2) is 84.9 Å². The molecular formula is C21H20PSi. The van der Waals surface area contributed by atoms with Crippen LogP contribution in [0.1, 0.15) is 19.4 Å². The Kier molecular flexibility index (Phi) is 4.80. The average Bonchev–Trinajstić information content (AvgIpc) is 2.57. The van der Waals surface area contributed by atoms with Crippen LogP contribution in [0.2, 0.25) is 0 Å². The fraction of sp³-hybridized carbons (Fsp3) is 0.143. The van der Waals surface area contributed by atoms with Crippen molar-refractivity contribution in [1.29, 1.82) is 0 Å². The van der Waals surface area contributed by atoms with Gasteiger partial charge >= 0.3 is 0 Å². The Morgan fingerprint density at radius 3 is 1.57 bits per heavy atom. The Balaban J connectivity index is 2.18. The number of hydrogen-bond donors (Lipinski definition) is 0. The van der Waals surface area contributed by atoms with Gasteiger partial charge in [-0.1, -0.05) is 104 Å². The number of rotatable bonds is 4. The molecule has 0 spiro atoms. The Bertz CT molecular complexity index is 727. The summed E-state index contributed by atoms with van der Waals surface area (Å²) in [6, 6.07) is 30.4. The van der Waals surface area contributed by atoms with E-state index in [2.05, 4.69) is 109 Å². The highest BCUT2D eigenvalue weighted by atomic mass is 31.1. The van der Waals surface area contributed by atoms with Crippen molar-refractivity contribution < 1.29 is 0 Å². The lowest BCUT2D eigenvalue weighted by atomic mass is 10.0. The zero-order valence-corrected chi connectivity index (χ0v) is 15.4. The van der Waals surface area contributed by atoms with Gasteiger partial charge in [0.15, 0.2) is 0 Å². The average molecular weight is 331 g/mol. The molecule has 2 heteroatoms. The van der Waals surface area contributed by atoms with Crippen LogP contribution in [0, 0.1) is 0 Å². The quantitative estimate of drug-likeness (QED) is 0.503. The third-order valence-electron chi connectivity index (χ3n) is 4.17. The fourth-order valence-electron chi connectivity index (χ4n) is 3.09. The van der Waals surface area contributed by atoms with Gasteiger partial charge in [0, 0.05) is 5.16 Å². The molecule has 0 N–H and O–H groups in total. The maximum atomic E-state index is 3.81. The standard InChI is InChI=1S/C21H20PSi/c1-21(2,19-15-9-10-16-20(19)23)22(17-11-5-3-6-12-17)18-13-7-4-8-14-18/h3-16H,1-2H3. The van der Waals surface area contributed by atoms with Crippen molar-refractivity contribution in [2.75, 3.05) is 0 Å². The highest BCUT2D eigenvalue weighted by Gasteiger charge is 2.34. The summed E-state index contributed by atoms with van der Waals surface area (Å²) in [4.78, 5) is 0. The van der Waals surface area contributed by atoms with Crippen molar-refractivity contribution in [3.8, 4) is 0 Å². The van der Waals surface area contributed by atoms with Gasteiger partial charge < -0.3 is 0 Å². The topological polar surface area (TPSA) is 0 Å². The molecule has 3 aromatic carbocycles. The minimum absolute atomic E-state index is 0.0242. The molecule has 0 aliphatic rings. The van der Waals surface area contributed by atoms with E-state index in [1.807, 2.05) is 0 Å². The summed E-state index contributed by atoms with van der Waals surface area (Å²) in [6.45, 7) is 4.72. The van der Waals surface area contributed by atoms with Crippen molar-refractivity contribution in [1.82, 2.24) is 0 Å². The lowest BCUT2D eigenvalue weighted by molar-refractivity contribution is 0.778. The number of hydrogen-bond acceptors (Lipinski definition) is 0. The molecular weight excluding hydrogens is 311 g/mol. The minimum Gasteiger partial charge on any atom is -0.0635 e. The van der Waals surface area contributed by atoms with Gasteiger partial charge in [0.25, 0.3) is 0 Å². The van der Waals surface area contributed by atoms with Crippen LogP contribution in [0.3, 0.4) is 0 Å². The van der Waals surface area contributed by atoms with Gasteiger partial charge in [0.1, 0.15) is 0 Å². The third kappa shape index (κ3) is 3.32. The van der Waals surface area contributed by atoms with Crippen molar-refractivity contribution in [2.24, 2.45) is 0 Å². The minimum atomic E-state index is -0.518. The fourth-order valence-corrected chi connectivity index (χ4v) is 6.65. The molecule has 0 heterocycles. The smallest absolute Gasteiger partial charge is 0.0635 e. The van der Waals surface area contributed by atoms with Crippen LogP contribution in [-0.4, -0.2) is 10.2 Å². The molecule has 0 fully saturated rings. The van der Waals surface area contributed by atoms with Crippen molar-refractivity contribution in [2.45, 2.75) is 19.0 Å². The van der Waals surface area contributed by atoms with Crippen LogP contribution in [0.4, 0.5) is 0 Å². The molecule has 3 radical (unpaired) electrons. The monoisotopic (exact) mass is 331 g/mol. The van der Waals surface area contributed by atoms with Gasteiger partial charge in [-0.2, -0.15) is 0 Å². The highest BCUT2D eigenvalue weighted by Crippen LogP contribution is 2.53. The van der Waals surface area contributed by atoms with Gasteiger partial charge in [-0.05, 0) is 24.1 Å². The lowest BCUT2D eigenvalue weighted by Crippen LogP contribution is -2.31. The summed E-state index contributed by atoms with van der Waals surface area (Å²) in [5.41, 5.74) is 1.36. The summed E-state index contributed by atoms with van der Waals surface area (Å²) in [5.74, 6) is 0. The molecule has 0 saturated heterocycles. The zero-order valence-electron chi connectivity index (χ0n) is 13.5. The molecule has 0 unspecified atom stereocenters. The van der Waals surface area contributed by atoms with Gasteiger partial charge in [-0.3, -0.25) is 0 Å². The van der Waals surface area contributed by atoms with Crippen LogP contribution < -0.4 is 15.8 Å². The molecule has 113 valence electrons. The van der Waals surface area contributed by atoms with Gasteiger partial charge in [-0.15, -0.1) is 0 Å². The van der Waals surface area contributed by atoms with E-state index in [1.165, 1.54) is 21.4 Å². The first-order valence-electron chi connectivity index (χ1n) is 7.82. The first-order chi connectivity index (χ1) is 11.1. The summed E-state index contributed by atoms with van der Waals surface area (Å²) in [5, 5.41) is 4.02. The third-order valence-corrected chi connectivity index (χ3v) is 7.60. The number of benzene rings is 3. The molecule has 0 aromatic heterocycles. The van der Waals surface area contributed by atoms with E-state index in [0.717, 1.165) is 0 Å². The second-order valence-corrected chi connectivity index (χ2v) is 9.47. The van der Waals surface area contributed by atoms with Crippen LogP contribution in [0.5, 0.6) is 0 Å². The molecule has 0 aliphatic carbocycles. The maximum absolute atomic E-state index is 3.81. The van der Waals surface area contributed by atoms with Crippen molar-refractivity contribution in [3.05, 3.63) is 90.5 Å². The van der Waals surface area contributed by atoms with E-state index in [9.17, 15) is 0 Å². The van der Waals surface area contributed by atoms with Crippen molar-refractivity contribution >= 4 is 34.0 Å². The van der Waals surface area contributed by atoms with Crippen LogP contribution in [-0.2, 0) is 5.16 Å². The molecule has 3 aromatic rings. The van der Waals surface area contributed by atoms with Crippen molar-refractivity contribution in [3.63, 3.8) is 0 Å². The molecule has 0 amide bonds. The normalized spacial score (nSPS) is 11.7. The highest BCUT2D eigenvalue weighted by molar-refractivity contribution is 7.74. The molecule has 0 bridgehead atoms. The van der Waals surface area contributed by atoms with Crippen LogP contribution >= 0.6 is 7.92 Å². The van der Waals surface area contributed by atoms with Crippen LogP contribution in [0.25, 0.3) is 0 Å². The Morgan fingerprint density at radius 2 is 1.09 bits per heavy atom. The van der Waals surface area contributed by atoms with E-state index < -0.39 is 7.92 Å². The molecule has 0 nitrogen and oxygen atoms in total. The van der Waals surface area contributed by atoms with E-state index in [1.54, 1.807) is 0 Å². The largest absolute Gasteiger partial charge is 0.0716 e. The summed E-state index contributed by atoms with van der Waals surface area (Å²) in [6.07, 6.45) is 0. The Morgan fingerprint density at radius 1 is 0.652 bits per heavy atom. The second kappa shape index (κ2) is 6.82. The first kappa shape index (κ1) is 16.2. The summed E-state index contributed by atoms with van der Waals surface area (Å²) < 4.78 is 0. The molecule has 0 saturated carbocycles. The van der Waals surface area contributed by atoms with E-state index in [4.69, 9.17) is 0 Å².